The summed E-state index contributed by atoms with van der Waals surface area (Å²) in [6, 6.07) is 0. The van der Waals surface area contributed by atoms with Crippen LogP contribution in [0, 0.1) is 5.92 Å². The molecule has 0 radical (unpaired) electrons. The first-order valence-corrected chi connectivity index (χ1v) is 8.71. The number of allylic oxidation sites excluding steroid dienone is 1. The van der Waals surface area contributed by atoms with Crippen LogP contribution in [-0.4, -0.2) is 14.5 Å². The molecule has 0 atom stereocenters. The molecule has 0 aromatic rings. The molecule has 0 unspecified atom stereocenters. The van der Waals surface area contributed by atoms with Crippen molar-refractivity contribution < 1.29 is 4.43 Å². The molecule has 15 heavy (non-hydrogen) atoms. The molecule has 0 aromatic heterocycles. The molecular weight excluding hydrogens is 202 g/mol. The number of aliphatic imine (C=N–C) groups is 1. The Kier molecular flexibility index (Phi) is 5.58. The average Bonchev–Trinajstić information content (AvgIpc) is 1.96. The molecule has 2 nitrogen and oxygen atoms in total. The van der Waals surface area contributed by atoms with Gasteiger partial charge in [0.1, 0.15) is 0 Å². The maximum atomic E-state index is 5.60. The van der Waals surface area contributed by atoms with E-state index in [1.165, 1.54) is 0 Å². The first kappa shape index (κ1) is 14.2. The topological polar surface area (TPSA) is 21.6 Å². The van der Waals surface area contributed by atoms with E-state index in [-0.39, 0.29) is 0 Å². The lowest BCUT2D eigenvalue weighted by atomic mass is 10.1. The van der Waals surface area contributed by atoms with Crippen molar-refractivity contribution in [2.45, 2.75) is 39.9 Å². The molecule has 0 bridgehead atoms. The van der Waals surface area contributed by atoms with Gasteiger partial charge in [-0.3, -0.25) is 0 Å². The van der Waals surface area contributed by atoms with Crippen LogP contribution in [0.2, 0.25) is 19.6 Å². The van der Waals surface area contributed by atoms with Crippen LogP contribution in [0.1, 0.15) is 20.3 Å². The smallest absolute Gasteiger partial charge is 0.244 e. The van der Waals surface area contributed by atoms with E-state index >= 15 is 0 Å². The number of nitrogens with zero attached hydrogens (tertiary/aromatic N) is 1. The predicted octanol–water partition coefficient (Wildman–Crippen LogP) is 3.98. The van der Waals surface area contributed by atoms with E-state index in [2.05, 4.69) is 51.6 Å². The standard InChI is InChI=1S/C12H23NOSi/c1-10(2)8-11(3)9-13-12(4)14-15(5,6)7/h9-10H,3-4,8H2,1-2,5-7H3/b13-9+. The highest BCUT2D eigenvalue weighted by atomic mass is 28.4. The first-order valence-electron chi connectivity index (χ1n) is 5.30. The third kappa shape index (κ3) is 9.47. The SMILES string of the molecule is C=C(/C=N/C(=C)O[Si](C)(C)C)CC(C)C. The quantitative estimate of drug-likeness (QED) is 0.380. The van der Waals surface area contributed by atoms with E-state index < -0.39 is 8.32 Å². The van der Waals surface area contributed by atoms with E-state index in [1.807, 2.05) is 0 Å². The van der Waals surface area contributed by atoms with E-state index in [1.54, 1.807) is 6.21 Å². The third-order valence-electron chi connectivity index (χ3n) is 1.49. The second-order valence-corrected chi connectivity index (χ2v) is 9.55. The van der Waals surface area contributed by atoms with Gasteiger partial charge in [-0.15, -0.1) is 0 Å². The minimum Gasteiger partial charge on any atom is -0.532 e. The fraction of sp³-hybridized carbons (Fsp3) is 0.583. The Balaban J connectivity index is 4.07. The molecule has 0 amide bonds. The molecule has 0 N–H and O–H groups in total. The van der Waals surface area contributed by atoms with Gasteiger partial charge in [0.2, 0.25) is 8.32 Å². The van der Waals surface area contributed by atoms with Crippen LogP contribution in [0.15, 0.2) is 29.6 Å². The molecule has 0 aliphatic heterocycles. The molecule has 0 heterocycles. The molecule has 86 valence electrons. The van der Waals surface area contributed by atoms with E-state index in [0.717, 1.165) is 12.0 Å². The summed E-state index contributed by atoms with van der Waals surface area (Å²) in [7, 11) is -1.57. The summed E-state index contributed by atoms with van der Waals surface area (Å²) >= 11 is 0. The second kappa shape index (κ2) is 5.91. The van der Waals surface area contributed by atoms with E-state index in [9.17, 15) is 0 Å². The van der Waals surface area contributed by atoms with Gasteiger partial charge in [-0.05, 0) is 44.1 Å². The lowest BCUT2D eigenvalue weighted by molar-refractivity contribution is 0.421. The summed E-state index contributed by atoms with van der Waals surface area (Å²) in [5.41, 5.74) is 1.02. The van der Waals surface area contributed by atoms with Gasteiger partial charge in [0.05, 0.1) is 0 Å². The molecule has 0 spiro atoms. The van der Waals surface area contributed by atoms with Crippen molar-refractivity contribution >= 4 is 14.5 Å². The maximum Gasteiger partial charge on any atom is 0.244 e. The van der Waals surface area contributed by atoms with Crippen LogP contribution < -0.4 is 0 Å². The van der Waals surface area contributed by atoms with Gasteiger partial charge in [0.15, 0.2) is 5.88 Å². The fourth-order valence-electron chi connectivity index (χ4n) is 1.12. The highest BCUT2D eigenvalue weighted by Crippen LogP contribution is 2.11. The van der Waals surface area contributed by atoms with Crippen LogP contribution in [0.25, 0.3) is 0 Å². The van der Waals surface area contributed by atoms with Gasteiger partial charge >= 0.3 is 0 Å². The highest BCUT2D eigenvalue weighted by Gasteiger charge is 2.16. The second-order valence-electron chi connectivity index (χ2n) is 5.12. The summed E-state index contributed by atoms with van der Waals surface area (Å²) < 4.78 is 5.60. The highest BCUT2D eigenvalue weighted by molar-refractivity contribution is 6.70. The molecule has 0 rings (SSSR count). The van der Waals surface area contributed by atoms with Crippen molar-refractivity contribution in [2.75, 3.05) is 0 Å². The number of hydrogen-bond donors (Lipinski definition) is 0. The van der Waals surface area contributed by atoms with Crippen molar-refractivity contribution in [3.05, 3.63) is 24.6 Å². The summed E-state index contributed by atoms with van der Waals surface area (Å²) in [6.07, 6.45) is 2.71. The summed E-state index contributed by atoms with van der Waals surface area (Å²) in [6.45, 7) is 18.3. The molecule has 0 aliphatic rings. The Morgan fingerprint density at radius 1 is 1.33 bits per heavy atom. The van der Waals surface area contributed by atoms with Crippen LogP contribution in [0.4, 0.5) is 0 Å². The Bertz CT molecular complexity index is 261. The van der Waals surface area contributed by atoms with Gasteiger partial charge in [-0.25, -0.2) is 4.99 Å². The third-order valence-corrected chi connectivity index (χ3v) is 2.33. The van der Waals surface area contributed by atoms with E-state index in [0.29, 0.717) is 11.8 Å². The minimum absolute atomic E-state index is 0.499. The van der Waals surface area contributed by atoms with Crippen LogP contribution >= 0.6 is 0 Å². The Labute approximate surface area is 94.9 Å². The van der Waals surface area contributed by atoms with Gasteiger partial charge in [0, 0.05) is 6.21 Å². The van der Waals surface area contributed by atoms with Crippen molar-refractivity contribution in [1.29, 1.82) is 0 Å². The van der Waals surface area contributed by atoms with Gasteiger partial charge in [-0.2, -0.15) is 0 Å². The molecule has 3 heteroatoms. The largest absolute Gasteiger partial charge is 0.532 e. The minimum atomic E-state index is -1.57. The Hall–Kier alpha value is -0.833. The van der Waals surface area contributed by atoms with Gasteiger partial charge in [-0.1, -0.05) is 20.4 Å². The van der Waals surface area contributed by atoms with E-state index in [4.69, 9.17) is 4.43 Å². The Morgan fingerprint density at radius 3 is 2.27 bits per heavy atom. The Morgan fingerprint density at radius 2 is 1.87 bits per heavy atom. The van der Waals surface area contributed by atoms with Crippen molar-refractivity contribution in [2.24, 2.45) is 10.9 Å². The lowest BCUT2D eigenvalue weighted by Gasteiger charge is -2.18. The average molecular weight is 225 g/mol. The first-order chi connectivity index (χ1) is 6.70. The molecule has 0 saturated heterocycles. The molecule has 0 fully saturated rings. The zero-order chi connectivity index (χ0) is 12.1. The normalized spacial score (nSPS) is 12.1. The number of rotatable bonds is 6. The monoisotopic (exact) mass is 225 g/mol. The summed E-state index contributed by atoms with van der Waals surface area (Å²) in [5.74, 6) is 1.11. The van der Waals surface area contributed by atoms with Gasteiger partial charge in [0.25, 0.3) is 0 Å². The molecule has 0 aromatic carbocycles. The zero-order valence-corrected chi connectivity index (χ0v) is 11.6. The van der Waals surface area contributed by atoms with Crippen molar-refractivity contribution in [1.82, 2.24) is 0 Å². The molecular formula is C12H23NOSi. The number of hydrogen-bond acceptors (Lipinski definition) is 2. The van der Waals surface area contributed by atoms with Crippen molar-refractivity contribution in [3.63, 3.8) is 0 Å². The van der Waals surface area contributed by atoms with Crippen LogP contribution in [0.5, 0.6) is 0 Å². The zero-order valence-electron chi connectivity index (χ0n) is 10.6. The molecule has 0 saturated carbocycles. The predicted molar refractivity (Wildman–Crippen MR) is 70.7 cm³/mol. The van der Waals surface area contributed by atoms with Crippen LogP contribution in [0.3, 0.4) is 0 Å². The van der Waals surface area contributed by atoms with Crippen molar-refractivity contribution in [3.8, 4) is 0 Å². The fourth-order valence-corrected chi connectivity index (χ4v) is 1.88. The van der Waals surface area contributed by atoms with Gasteiger partial charge < -0.3 is 4.43 Å². The summed E-state index contributed by atoms with van der Waals surface area (Å²) in [5, 5.41) is 0. The molecule has 0 aliphatic carbocycles. The maximum absolute atomic E-state index is 5.60. The summed E-state index contributed by atoms with van der Waals surface area (Å²) in [4.78, 5) is 4.16. The van der Waals surface area contributed by atoms with Crippen LogP contribution in [-0.2, 0) is 4.43 Å². The lowest BCUT2D eigenvalue weighted by Crippen LogP contribution is -2.24.